The summed E-state index contributed by atoms with van der Waals surface area (Å²) >= 11 is 0. The zero-order valence-electron chi connectivity index (χ0n) is 14.1. The number of hydrogen-bond acceptors (Lipinski definition) is 5. The minimum absolute atomic E-state index is 0.136. The van der Waals surface area contributed by atoms with Gasteiger partial charge in [0.2, 0.25) is 0 Å². The molecule has 0 aliphatic carbocycles. The predicted octanol–water partition coefficient (Wildman–Crippen LogP) is 2.59. The predicted molar refractivity (Wildman–Crippen MR) is 92.4 cm³/mol. The van der Waals surface area contributed by atoms with Crippen molar-refractivity contribution in [3.8, 4) is 6.07 Å². The number of carbonyl (C=O) groups is 3. The summed E-state index contributed by atoms with van der Waals surface area (Å²) in [6, 6.07) is 15.6. The third-order valence-electron chi connectivity index (χ3n) is 4.14. The molecule has 2 aromatic carbocycles. The van der Waals surface area contributed by atoms with Gasteiger partial charge in [-0.15, -0.1) is 0 Å². The lowest BCUT2D eigenvalue weighted by atomic mass is 10.1. The number of nitriles is 1. The first-order valence-corrected chi connectivity index (χ1v) is 8.16. The van der Waals surface area contributed by atoms with E-state index in [-0.39, 0.29) is 29.1 Å². The Hall–Kier alpha value is -3.46. The molecule has 0 N–H and O–H groups in total. The largest absolute Gasteiger partial charge is 0.444 e. The van der Waals surface area contributed by atoms with Crippen molar-refractivity contribution in [2.24, 2.45) is 0 Å². The SMILES string of the molecule is C[C@@H](C#N)OC(=O)c1ccc2c(c1)C(=O)N(CCc1ccccc1)C2=O. The Bertz CT molecular complexity index is 915. The van der Waals surface area contributed by atoms with E-state index in [9.17, 15) is 14.4 Å². The topological polar surface area (TPSA) is 87.5 Å². The highest BCUT2D eigenvalue weighted by Gasteiger charge is 2.35. The summed E-state index contributed by atoms with van der Waals surface area (Å²) < 4.78 is 4.93. The molecule has 6 nitrogen and oxygen atoms in total. The summed E-state index contributed by atoms with van der Waals surface area (Å²) in [6.07, 6.45) is -0.337. The van der Waals surface area contributed by atoms with Crippen molar-refractivity contribution in [2.45, 2.75) is 19.4 Å². The fourth-order valence-corrected chi connectivity index (χ4v) is 2.76. The van der Waals surface area contributed by atoms with Crippen LogP contribution in [0.5, 0.6) is 0 Å². The summed E-state index contributed by atoms with van der Waals surface area (Å²) in [5.41, 5.74) is 1.62. The summed E-state index contributed by atoms with van der Waals surface area (Å²) in [5.74, 6) is -1.50. The van der Waals surface area contributed by atoms with Crippen molar-refractivity contribution >= 4 is 17.8 Å². The molecule has 2 amide bonds. The van der Waals surface area contributed by atoms with Gasteiger partial charge in [0.05, 0.1) is 16.7 Å². The normalized spacial score (nSPS) is 13.9. The van der Waals surface area contributed by atoms with E-state index in [4.69, 9.17) is 10.00 Å². The molecule has 6 heteroatoms. The van der Waals surface area contributed by atoms with E-state index in [2.05, 4.69) is 0 Å². The summed E-state index contributed by atoms with van der Waals surface area (Å²) in [7, 11) is 0. The molecule has 0 fully saturated rings. The average Bonchev–Trinajstić information content (AvgIpc) is 2.90. The first-order valence-electron chi connectivity index (χ1n) is 8.16. The maximum atomic E-state index is 12.6. The molecule has 130 valence electrons. The molecule has 3 rings (SSSR count). The number of imide groups is 1. The van der Waals surface area contributed by atoms with E-state index < -0.39 is 18.0 Å². The smallest absolute Gasteiger partial charge is 0.339 e. The molecular formula is C20H16N2O4. The van der Waals surface area contributed by atoms with Crippen LogP contribution in [0, 0.1) is 11.3 Å². The molecule has 0 unspecified atom stereocenters. The fraction of sp³-hybridized carbons (Fsp3) is 0.200. The van der Waals surface area contributed by atoms with Gasteiger partial charge in [0.25, 0.3) is 11.8 Å². The Kier molecular flexibility index (Phi) is 4.81. The first kappa shape index (κ1) is 17.4. The van der Waals surface area contributed by atoms with Gasteiger partial charge in [-0.25, -0.2) is 4.79 Å². The summed E-state index contributed by atoms with van der Waals surface area (Å²) in [4.78, 5) is 38.3. The second-order valence-corrected chi connectivity index (χ2v) is 5.93. The van der Waals surface area contributed by atoms with Crippen molar-refractivity contribution in [3.63, 3.8) is 0 Å². The molecule has 1 atom stereocenters. The van der Waals surface area contributed by atoms with Gasteiger partial charge >= 0.3 is 5.97 Å². The number of carbonyl (C=O) groups excluding carboxylic acids is 3. The van der Waals surface area contributed by atoms with Crippen LogP contribution in [0.15, 0.2) is 48.5 Å². The number of rotatable bonds is 5. The van der Waals surface area contributed by atoms with Gasteiger partial charge in [-0.2, -0.15) is 5.26 Å². The van der Waals surface area contributed by atoms with Gasteiger partial charge in [-0.1, -0.05) is 30.3 Å². The Morgan fingerprint density at radius 2 is 1.81 bits per heavy atom. The van der Waals surface area contributed by atoms with Gasteiger partial charge in [0.15, 0.2) is 6.10 Å². The third kappa shape index (κ3) is 3.33. The monoisotopic (exact) mass is 348 g/mol. The van der Waals surface area contributed by atoms with Crippen LogP contribution >= 0.6 is 0 Å². The van der Waals surface area contributed by atoms with E-state index in [0.29, 0.717) is 6.42 Å². The van der Waals surface area contributed by atoms with Crippen molar-refractivity contribution in [1.82, 2.24) is 4.90 Å². The average molecular weight is 348 g/mol. The van der Waals surface area contributed by atoms with Crippen molar-refractivity contribution in [1.29, 1.82) is 5.26 Å². The maximum Gasteiger partial charge on any atom is 0.339 e. The van der Waals surface area contributed by atoms with Crippen LogP contribution < -0.4 is 0 Å². The van der Waals surface area contributed by atoms with Crippen LogP contribution in [-0.2, 0) is 11.2 Å². The van der Waals surface area contributed by atoms with E-state index >= 15 is 0 Å². The van der Waals surface area contributed by atoms with E-state index in [1.807, 2.05) is 30.3 Å². The lowest BCUT2D eigenvalue weighted by Gasteiger charge is -2.13. The van der Waals surface area contributed by atoms with Gasteiger partial charge in [0.1, 0.15) is 6.07 Å². The maximum absolute atomic E-state index is 12.6. The van der Waals surface area contributed by atoms with Gasteiger partial charge < -0.3 is 4.74 Å². The van der Waals surface area contributed by atoms with E-state index in [0.717, 1.165) is 5.56 Å². The Morgan fingerprint density at radius 3 is 2.50 bits per heavy atom. The van der Waals surface area contributed by atoms with Gasteiger partial charge in [-0.05, 0) is 37.1 Å². The standard InChI is InChI=1S/C20H16N2O4/c1-13(12-21)26-20(25)15-7-8-16-17(11-15)19(24)22(18(16)23)10-9-14-5-3-2-4-6-14/h2-8,11,13H,9-10H2,1H3/t13-/m0/s1. The lowest BCUT2D eigenvalue weighted by molar-refractivity contribution is 0.0435. The zero-order chi connectivity index (χ0) is 18.7. The number of fused-ring (bicyclic) bond motifs is 1. The Labute approximate surface area is 150 Å². The van der Waals surface area contributed by atoms with Crippen LogP contribution in [0.2, 0.25) is 0 Å². The lowest BCUT2D eigenvalue weighted by Crippen LogP contribution is -2.31. The zero-order valence-corrected chi connectivity index (χ0v) is 14.1. The minimum Gasteiger partial charge on any atom is -0.444 e. The summed E-state index contributed by atoms with van der Waals surface area (Å²) in [6.45, 7) is 1.72. The third-order valence-corrected chi connectivity index (χ3v) is 4.14. The number of hydrogen-bond donors (Lipinski definition) is 0. The van der Waals surface area contributed by atoms with E-state index in [1.165, 1.54) is 30.0 Å². The number of benzene rings is 2. The molecule has 1 aliphatic heterocycles. The van der Waals surface area contributed by atoms with Crippen molar-refractivity contribution in [2.75, 3.05) is 6.54 Å². The highest BCUT2D eigenvalue weighted by Crippen LogP contribution is 2.24. The van der Waals surface area contributed by atoms with Crippen LogP contribution in [0.4, 0.5) is 0 Å². The molecule has 0 aromatic heterocycles. The molecule has 2 aromatic rings. The van der Waals surface area contributed by atoms with Crippen LogP contribution in [0.3, 0.4) is 0 Å². The molecule has 1 heterocycles. The highest BCUT2D eigenvalue weighted by atomic mass is 16.5. The Morgan fingerprint density at radius 1 is 1.12 bits per heavy atom. The number of amides is 2. The molecule has 1 aliphatic rings. The number of esters is 1. The molecule has 0 bridgehead atoms. The van der Waals surface area contributed by atoms with Crippen LogP contribution in [0.1, 0.15) is 43.6 Å². The molecule has 0 saturated heterocycles. The summed E-state index contributed by atoms with van der Waals surface area (Å²) in [5, 5.41) is 8.72. The van der Waals surface area contributed by atoms with Gasteiger partial charge in [-0.3, -0.25) is 14.5 Å². The molecule has 0 saturated carbocycles. The highest BCUT2D eigenvalue weighted by molar-refractivity contribution is 6.21. The molecule has 0 radical (unpaired) electrons. The fourth-order valence-electron chi connectivity index (χ4n) is 2.76. The second kappa shape index (κ2) is 7.19. The van der Waals surface area contributed by atoms with Crippen molar-refractivity contribution in [3.05, 3.63) is 70.8 Å². The number of nitrogens with zero attached hydrogens (tertiary/aromatic N) is 2. The second-order valence-electron chi connectivity index (χ2n) is 5.93. The molecular weight excluding hydrogens is 332 g/mol. The minimum atomic E-state index is -0.893. The quantitative estimate of drug-likeness (QED) is 0.612. The number of ether oxygens (including phenoxy) is 1. The van der Waals surface area contributed by atoms with Crippen molar-refractivity contribution < 1.29 is 19.1 Å². The van der Waals surface area contributed by atoms with Crippen LogP contribution in [-0.4, -0.2) is 35.3 Å². The molecule has 0 spiro atoms. The van der Waals surface area contributed by atoms with Gasteiger partial charge in [0, 0.05) is 6.54 Å². The first-order chi connectivity index (χ1) is 12.5. The van der Waals surface area contributed by atoms with Crippen LogP contribution in [0.25, 0.3) is 0 Å². The Balaban J connectivity index is 1.77. The van der Waals surface area contributed by atoms with E-state index in [1.54, 1.807) is 6.07 Å². The molecule has 26 heavy (non-hydrogen) atoms.